The van der Waals surface area contributed by atoms with Gasteiger partial charge in [-0.1, -0.05) is 12.1 Å². The van der Waals surface area contributed by atoms with Gasteiger partial charge in [0.2, 0.25) is 5.95 Å². The fourth-order valence-electron chi connectivity index (χ4n) is 2.68. The van der Waals surface area contributed by atoms with Crippen LogP contribution in [0.25, 0.3) is 11.0 Å². The molecule has 0 aliphatic carbocycles. The maximum atomic E-state index is 13.2. The molecule has 0 saturated heterocycles. The summed E-state index contributed by atoms with van der Waals surface area (Å²) < 4.78 is 14.9. The first kappa shape index (κ1) is 17.1. The molecular formula is C18H22FN5O. The van der Waals surface area contributed by atoms with Crippen LogP contribution in [0.5, 0.6) is 0 Å². The highest BCUT2D eigenvalue weighted by atomic mass is 19.1. The first-order valence-corrected chi connectivity index (χ1v) is 8.31. The second-order valence-electron chi connectivity index (χ2n) is 7.04. The highest BCUT2D eigenvalue weighted by molar-refractivity contribution is 5.74. The Labute approximate surface area is 145 Å². The van der Waals surface area contributed by atoms with Gasteiger partial charge in [0, 0.05) is 6.54 Å². The van der Waals surface area contributed by atoms with Crippen molar-refractivity contribution < 1.29 is 4.39 Å². The van der Waals surface area contributed by atoms with Gasteiger partial charge >= 0.3 is 0 Å². The number of rotatable bonds is 5. The summed E-state index contributed by atoms with van der Waals surface area (Å²) in [4.78, 5) is 19.4. The Morgan fingerprint density at radius 3 is 2.84 bits per heavy atom. The summed E-state index contributed by atoms with van der Waals surface area (Å²) in [5, 5.41) is 7.89. The van der Waals surface area contributed by atoms with Gasteiger partial charge in [0.05, 0.1) is 11.7 Å². The lowest BCUT2D eigenvalue weighted by Crippen LogP contribution is -2.24. The molecule has 1 aromatic carbocycles. The summed E-state index contributed by atoms with van der Waals surface area (Å²) in [5.41, 5.74) is 1.03. The highest BCUT2D eigenvalue weighted by Crippen LogP contribution is 2.18. The number of aromatic amines is 1. The van der Waals surface area contributed by atoms with E-state index in [-0.39, 0.29) is 16.9 Å². The van der Waals surface area contributed by atoms with E-state index < -0.39 is 0 Å². The number of aromatic nitrogens is 4. The average molecular weight is 343 g/mol. The Morgan fingerprint density at radius 1 is 1.32 bits per heavy atom. The number of anilines is 1. The standard InChI is InChI=1S/C18H22FN5O/c1-18(2,3)24-15-14(11-21-24)16(25)23-17(22-15)20-9-5-7-12-6-4-8-13(19)10-12/h4,6,8,10-11H,5,7,9H2,1-3H3,(H2,20,22,23,25). The molecule has 3 aromatic rings. The summed E-state index contributed by atoms with van der Waals surface area (Å²) in [6, 6.07) is 6.58. The van der Waals surface area contributed by atoms with E-state index in [2.05, 4.69) is 20.4 Å². The van der Waals surface area contributed by atoms with Crippen molar-refractivity contribution in [3.05, 3.63) is 52.2 Å². The minimum atomic E-state index is -0.267. The maximum Gasteiger partial charge on any atom is 0.263 e. The summed E-state index contributed by atoms with van der Waals surface area (Å²) in [6.45, 7) is 6.64. The van der Waals surface area contributed by atoms with E-state index in [0.29, 0.717) is 23.5 Å². The van der Waals surface area contributed by atoms with Crippen molar-refractivity contribution in [2.24, 2.45) is 0 Å². The van der Waals surface area contributed by atoms with Gasteiger partial charge in [0.1, 0.15) is 11.2 Å². The molecule has 132 valence electrons. The number of nitrogens with zero attached hydrogens (tertiary/aromatic N) is 3. The van der Waals surface area contributed by atoms with Crippen LogP contribution in [0.3, 0.4) is 0 Å². The van der Waals surface area contributed by atoms with Crippen LogP contribution in [0.4, 0.5) is 10.3 Å². The van der Waals surface area contributed by atoms with Crippen LogP contribution in [0, 0.1) is 5.82 Å². The van der Waals surface area contributed by atoms with Gasteiger partial charge in [0.25, 0.3) is 5.56 Å². The van der Waals surface area contributed by atoms with Crippen LogP contribution in [0.15, 0.2) is 35.3 Å². The molecule has 6 nitrogen and oxygen atoms in total. The number of hydrogen-bond acceptors (Lipinski definition) is 4. The lowest BCUT2D eigenvalue weighted by Gasteiger charge is -2.19. The van der Waals surface area contributed by atoms with Gasteiger partial charge < -0.3 is 5.32 Å². The Bertz CT molecular complexity index is 939. The van der Waals surface area contributed by atoms with Crippen LogP contribution in [-0.2, 0) is 12.0 Å². The third kappa shape index (κ3) is 3.87. The molecule has 0 saturated carbocycles. The van der Waals surface area contributed by atoms with Crippen molar-refractivity contribution in [3.63, 3.8) is 0 Å². The van der Waals surface area contributed by atoms with E-state index in [4.69, 9.17) is 0 Å². The highest BCUT2D eigenvalue weighted by Gasteiger charge is 2.19. The zero-order chi connectivity index (χ0) is 18.0. The molecular weight excluding hydrogens is 321 g/mol. The van der Waals surface area contributed by atoms with Crippen molar-refractivity contribution in [1.82, 2.24) is 19.7 Å². The summed E-state index contributed by atoms with van der Waals surface area (Å²) in [7, 11) is 0. The minimum Gasteiger partial charge on any atom is -0.356 e. The largest absolute Gasteiger partial charge is 0.356 e. The Morgan fingerprint density at radius 2 is 2.12 bits per heavy atom. The maximum absolute atomic E-state index is 13.2. The molecule has 25 heavy (non-hydrogen) atoms. The SMILES string of the molecule is CC(C)(C)n1ncc2c(=O)[nH]c(NCCCc3cccc(F)c3)nc21. The van der Waals surface area contributed by atoms with E-state index in [0.717, 1.165) is 18.4 Å². The predicted molar refractivity (Wildman–Crippen MR) is 96.4 cm³/mol. The lowest BCUT2D eigenvalue weighted by atomic mass is 10.1. The van der Waals surface area contributed by atoms with Crippen molar-refractivity contribution in [2.45, 2.75) is 39.2 Å². The molecule has 0 fully saturated rings. The van der Waals surface area contributed by atoms with Crippen LogP contribution in [0.1, 0.15) is 32.8 Å². The van der Waals surface area contributed by atoms with Gasteiger partial charge in [-0.05, 0) is 51.3 Å². The summed E-state index contributed by atoms with van der Waals surface area (Å²) in [6.07, 6.45) is 3.08. The van der Waals surface area contributed by atoms with Gasteiger partial charge in [0.15, 0.2) is 5.65 Å². The second kappa shape index (κ2) is 6.66. The topological polar surface area (TPSA) is 75.6 Å². The van der Waals surface area contributed by atoms with Crippen molar-refractivity contribution in [1.29, 1.82) is 0 Å². The molecule has 0 spiro atoms. The van der Waals surface area contributed by atoms with Crippen LogP contribution < -0.4 is 10.9 Å². The molecule has 2 heterocycles. The molecule has 0 radical (unpaired) electrons. The zero-order valence-corrected chi connectivity index (χ0v) is 14.6. The third-order valence-electron chi connectivity index (χ3n) is 3.90. The molecule has 2 aromatic heterocycles. The normalized spacial score (nSPS) is 11.8. The fraction of sp³-hybridized carbons (Fsp3) is 0.389. The molecule has 0 atom stereocenters. The van der Waals surface area contributed by atoms with Crippen LogP contribution >= 0.6 is 0 Å². The summed E-state index contributed by atoms with van der Waals surface area (Å²) >= 11 is 0. The molecule has 0 aliphatic rings. The van der Waals surface area contributed by atoms with Crippen molar-refractivity contribution in [3.8, 4) is 0 Å². The van der Waals surface area contributed by atoms with Crippen molar-refractivity contribution >= 4 is 17.0 Å². The van der Waals surface area contributed by atoms with Gasteiger partial charge in [-0.3, -0.25) is 9.78 Å². The van der Waals surface area contributed by atoms with E-state index in [1.165, 1.54) is 12.1 Å². The fourth-order valence-corrected chi connectivity index (χ4v) is 2.68. The third-order valence-corrected chi connectivity index (χ3v) is 3.90. The molecule has 0 bridgehead atoms. The van der Waals surface area contributed by atoms with Gasteiger partial charge in [-0.25, -0.2) is 9.07 Å². The average Bonchev–Trinajstić information content (AvgIpc) is 2.96. The number of halogens is 1. The molecule has 2 N–H and O–H groups in total. The van der Waals surface area contributed by atoms with Gasteiger partial charge in [-0.15, -0.1) is 0 Å². The zero-order valence-electron chi connectivity index (χ0n) is 14.6. The van der Waals surface area contributed by atoms with E-state index in [9.17, 15) is 9.18 Å². The first-order valence-electron chi connectivity index (χ1n) is 8.31. The number of nitrogens with one attached hydrogen (secondary N) is 2. The molecule has 3 rings (SSSR count). The number of hydrogen-bond donors (Lipinski definition) is 2. The quantitative estimate of drug-likeness (QED) is 0.698. The lowest BCUT2D eigenvalue weighted by molar-refractivity contribution is 0.366. The van der Waals surface area contributed by atoms with Crippen LogP contribution in [0.2, 0.25) is 0 Å². The predicted octanol–water partition coefficient (Wildman–Crippen LogP) is 3.06. The van der Waals surface area contributed by atoms with E-state index >= 15 is 0 Å². The number of H-pyrrole nitrogens is 1. The first-order chi connectivity index (χ1) is 11.8. The number of fused-ring (bicyclic) bond motifs is 1. The molecule has 0 unspecified atom stereocenters. The second-order valence-corrected chi connectivity index (χ2v) is 7.04. The Balaban J connectivity index is 1.70. The Kier molecular flexibility index (Phi) is 4.57. The molecule has 7 heteroatoms. The van der Waals surface area contributed by atoms with Gasteiger partial charge in [-0.2, -0.15) is 10.1 Å². The monoisotopic (exact) mass is 343 g/mol. The van der Waals surface area contributed by atoms with E-state index in [1.54, 1.807) is 16.9 Å². The van der Waals surface area contributed by atoms with Crippen LogP contribution in [-0.4, -0.2) is 26.3 Å². The smallest absolute Gasteiger partial charge is 0.263 e. The van der Waals surface area contributed by atoms with E-state index in [1.807, 2.05) is 26.8 Å². The number of aryl methyl sites for hydroxylation is 1. The minimum absolute atomic E-state index is 0.215. The molecule has 0 aliphatic heterocycles. The summed E-state index contributed by atoms with van der Waals surface area (Å²) in [5.74, 6) is 0.195. The molecule has 0 amide bonds. The Hall–Kier alpha value is -2.70. The van der Waals surface area contributed by atoms with Crippen molar-refractivity contribution in [2.75, 3.05) is 11.9 Å². The number of benzene rings is 1.